The van der Waals surface area contributed by atoms with Crippen LogP contribution in [-0.2, 0) is 4.74 Å². The van der Waals surface area contributed by atoms with Crippen LogP contribution < -0.4 is 5.32 Å². The Balaban J connectivity index is 1.75. The number of aryl methyl sites for hydroxylation is 1. The smallest absolute Gasteiger partial charge is 0.273 e. The molecule has 0 bridgehead atoms. The topological polar surface area (TPSA) is 105 Å². The Labute approximate surface area is 156 Å². The molecule has 4 atom stereocenters. The van der Waals surface area contributed by atoms with Crippen LogP contribution in [0, 0.1) is 12.7 Å². The zero-order valence-corrected chi connectivity index (χ0v) is 15.2. The van der Waals surface area contributed by atoms with Crippen LogP contribution in [0.2, 0.25) is 0 Å². The standard InChI is InChI=1S/C19H23FN2O5/c1-3-15-17(23)19(25,10-21-18(24)14-9-26-11(2)22-14)8-16(27-15)12-4-6-13(20)7-5-12/h4-7,9,15-17,23,25H,3,8,10H2,1-2H3,(H,21,24)/t15-,16-,17-,19-/m1/s1. The minimum atomic E-state index is -1.60. The average molecular weight is 378 g/mol. The zero-order chi connectivity index (χ0) is 19.6. The number of hydrogen-bond acceptors (Lipinski definition) is 6. The van der Waals surface area contributed by atoms with E-state index in [1.807, 2.05) is 6.92 Å². The summed E-state index contributed by atoms with van der Waals surface area (Å²) >= 11 is 0. The van der Waals surface area contributed by atoms with E-state index >= 15 is 0 Å². The predicted octanol–water partition coefficient (Wildman–Crippen LogP) is 1.88. The lowest BCUT2D eigenvalue weighted by Crippen LogP contribution is -2.60. The summed E-state index contributed by atoms with van der Waals surface area (Å²) in [6.07, 6.45) is -0.587. The van der Waals surface area contributed by atoms with Gasteiger partial charge in [-0.15, -0.1) is 0 Å². The monoisotopic (exact) mass is 378 g/mol. The van der Waals surface area contributed by atoms with Gasteiger partial charge in [0, 0.05) is 19.9 Å². The van der Waals surface area contributed by atoms with Gasteiger partial charge in [0.15, 0.2) is 11.6 Å². The first-order chi connectivity index (χ1) is 12.8. The first-order valence-corrected chi connectivity index (χ1v) is 8.84. The Morgan fingerprint density at radius 3 is 2.70 bits per heavy atom. The molecule has 1 saturated heterocycles. The number of carbonyl (C=O) groups is 1. The molecule has 2 aromatic rings. The number of carbonyl (C=O) groups excluding carboxylic acids is 1. The number of aliphatic hydroxyl groups excluding tert-OH is 1. The lowest BCUT2D eigenvalue weighted by molar-refractivity contribution is -0.216. The van der Waals surface area contributed by atoms with Crippen molar-refractivity contribution in [2.24, 2.45) is 0 Å². The number of nitrogens with zero attached hydrogens (tertiary/aromatic N) is 1. The maximum absolute atomic E-state index is 13.2. The maximum Gasteiger partial charge on any atom is 0.273 e. The number of amides is 1. The van der Waals surface area contributed by atoms with E-state index < -0.39 is 29.8 Å². The summed E-state index contributed by atoms with van der Waals surface area (Å²) < 4.78 is 24.1. The first kappa shape index (κ1) is 19.5. The largest absolute Gasteiger partial charge is 0.448 e. The second-order valence-corrected chi connectivity index (χ2v) is 6.81. The van der Waals surface area contributed by atoms with E-state index in [9.17, 15) is 19.4 Å². The normalized spacial score (nSPS) is 28.1. The highest BCUT2D eigenvalue weighted by Crippen LogP contribution is 2.38. The Bertz CT molecular complexity index is 794. The quantitative estimate of drug-likeness (QED) is 0.734. The van der Waals surface area contributed by atoms with Gasteiger partial charge in [-0.2, -0.15) is 0 Å². The maximum atomic E-state index is 13.2. The molecule has 3 N–H and O–H groups in total. The minimum Gasteiger partial charge on any atom is -0.448 e. The lowest BCUT2D eigenvalue weighted by Gasteiger charge is -2.45. The molecule has 1 aromatic heterocycles. The van der Waals surface area contributed by atoms with Crippen LogP contribution in [0.5, 0.6) is 0 Å². The first-order valence-electron chi connectivity index (χ1n) is 8.84. The summed E-state index contributed by atoms with van der Waals surface area (Å²) in [7, 11) is 0. The number of ether oxygens (including phenoxy) is 1. The highest BCUT2D eigenvalue weighted by Gasteiger charge is 2.48. The number of benzene rings is 1. The molecule has 8 heteroatoms. The summed E-state index contributed by atoms with van der Waals surface area (Å²) in [6, 6.07) is 5.81. The molecule has 1 aromatic carbocycles. The van der Waals surface area contributed by atoms with Gasteiger partial charge in [-0.05, 0) is 24.1 Å². The van der Waals surface area contributed by atoms with Crippen LogP contribution in [0.4, 0.5) is 4.39 Å². The third-order valence-electron chi connectivity index (χ3n) is 4.83. The number of halogens is 1. The third kappa shape index (κ3) is 4.18. The second kappa shape index (κ2) is 7.75. The van der Waals surface area contributed by atoms with E-state index in [2.05, 4.69) is 10.3 Å². The Hall–Kier alpha value is -2.29. The average Bonchev–Trinajstić information content (AvgIpc) is 3.09. The van der Waals surface area contributed by atoms with E-state index in [4.69, 9.17) is 9.15 Å². The molecule has 0 unspecified atom stereocenters. The summed E-state index contributed by atoms with van der Waals surface area (Å²) in [5, 5.41) is 24.2. The van der Waals surface area contributed by atoms with Gasteiger partial charge in [0.25, 0.3) is 5.91 Å². The van der Waals surface area contributed by atoms with Crippen LogP contribution in [0.3, 0.4) is 0 Å². The molecule has 1 amide bonds. The molecule has 1 aliphatic heterocycles. The van der Waals surface area contributed by atoms with Gasteiger partial charge in [0.2, 0.25) is 0 Å². The molecular formula is C19H23FN2O5. The molecule has 3 rings (SSSR count). The third-order valence-corrected chi connectivity index (χ3v) is 4.83. The number of hydrogen-bond donors (Lipinski definition) is 3. The van der Waals surface area contributed by atoms with Crippen LogP contribution >= 0.6 is 0 Å². The van der Waals surface area contributed by atoms with Crippen molar-refractivity contribution in [3.05, 3.63) is 53.5 Å². The fourth-order valence-corrected chi connectivity index (χ4v) is 3.28. The molecule has 2 heterocycles. The van der Waals surface area contributed by atoms with E-state index in [-0.39, 0.29) is 24.5 Å². The second-order valence-electron chi connectivity index (χ2n) is 6.81. The molecular weight excluding hydrogens is 355 g/mol. The molecule has 0 aliphatic carbocycles. The molecule has 1 fully saturated rings. The molecule has 0 radical (unpaired) electrons. The lowest BCUT2D eigenvalue weighted by atomic mass is 9.81. The van der Waals surface area contributed by atoms with Gasteiger partial charge >= 0.3 is 0 Å². The molecule has 146 valence electrons. The predicted molar refractivity (Wildman–Crippen MR) is 93.5 cm³/mol. The van der Waals surface area contributed by atoms with Crippen molar-refractivity contribution in [1.29, 1.82) is 0 Å². The summed E-state index contributed by atoms with van der Waals surface area (Å²) in [5.41, 5.74) is -0.815. The summed E-state index contributed by atoms with van der Waals surface area (Å²) in [5.74, 6) is -0.523. The Morgan fingerprint density at radius 1 is 1.41 bits per heavy atom. The van der Waals surface area contributed by atoms with Crippen molar-refractivity contribution < 1.29 is 28.6 Å². The van der Waals surface area contributed by atoms with Crippen LogP contribution in [-0.4, -0.2) is 45.5 Å². The van der Waals surface area contributed by atoms with Crippen LogP contribution in [0.1, 0.15) is 47.8 Å². The summed E-state index contributed by atoms with van der Waals surface area (Å²) in [4.78, 5) is 16.1. The number of oxazole rings is 1. The number of aromatic nitrogens is 1. The van der Waals surface area contributed by atoms with Gasteiger partial charge in [-0.3, -0.25) is 4.79 Å². The minimum absolute atomic E-state index is 0.0500. The van der Waals surface area contributed by atoms with Gasteiger partial charge in [0.1, 0.15) is 23.8 Å². The highest BCUT2D eigenvalue weighted by atomic mass is 19.1. The highest BCUT2D eigenvalue weighted by molar-refractivity contribution is 5.91. The van der Waals surface area contributed by atoms with Crippen molar-refractivity contribution >= 4 is 5.91 Å². The van der Waals surface area contributed by atoms with Crippen LogP contribution in [0.15, 0.2) is 34.9 Å². The number of aliphatic hydroxyl groups is 2. The molecule has 7 nitrogen and oxygen atoms in total. The van der Waals surface area contributed by atoms with Crippen molar-refractivity contribution in [1.82, 2.24) is 10.3 Å². The van der Waals surface area contributed by atoms with E-state index in [0.29, 0.717) is 17.9 Å². The van der Waals surface area contributed by atoms with Crippen molar-refractivity contribution in [2.45, 2.75) is 50.6 Å². The van der Waals surface area contributed by atoms with Gasteiger partial charge in [-0.25, -0.2) is 9.37 Å². The van der Waals surface area contributed by atoms with Crippen molar-refractivity contribution in [2.75, 3.05) is 6.54 Å². The van der Waals surface area contributed by atoms with Gasteiger partial charge in [-0.1, -0.05) is 19.1 Å². The molecule has 1 aliphatic rings. The van der Waals surface area contributed by atoms with Crippen molar-refractivity contribution in [3.8, 4) is 0 Å². The van der Waals surface area contributed by atoms with E-state index in [1.165, 1.54) is 18.4 Å². The van der Waals surface area contributed by atoms with Gasteiger partial charge in [0.05, 0.1) is 12.2 Å². The van der Waals surface area contributed by atoms with Crippen LogP contribution in [0.25, 0.3) is 0 Å². The van der Waals surface area contributed by atoms with Crippen molar-refractivity contribution in [3.63, 3.8) is 0 Å². The zero-order valence-electron chi connectivity index (χ0n) is 15.2. The SMILES string of the molecule is CC[C@H]1O[C@@H](c2ccc(F)cc2)C[C@@](O)(CNC(=O)c2coc(C)n2)[C@@H]1O. The molecule has 0 saturated carbocycles. The fraction of sp³-hybridized carbons (Fsp3) is 0.474. The Kier molecular flexibility index (Phi) is 5.59. The molecule has 27 heavy (non-hydrogen) atoms. The van der Waals surface area contributed by atoms with E-state index in [0.717, 1.165) is 0 Å². The van der Waals surface area contributed by atoms with E-state index in [1.54, 1.807) is 19.1 Å². The molecule has 0 spiro atoms. The summed E-state index contributed by atoms with van der Waals surface area (Å²) in [6.45, 7) is 3.26. The number of rotatable bonds is 5. The van der Waals surface area contributed by atoms with Gasteiger partial charge < -0.3 is 24.7 Å². The Morgan fingerprint density at radius 2 is 2.11 bits per heavy atom. The fourth-order valence-electron chi connectivity index (χ4n) is 3.28. The number of nitrogens with one attached hydrogen (secondary N) is 1.